The van der Waals surface area contributed by atoms with Gasteiger partial charge in [-0.1, -0.05) is 26.0 Å². The van der Waals surface area contributed by atoms with Crippen molar-refractivity contribution in [3.05, 3.63) is 29.8 Å². The number of aryl methyl sites for hydroxylation is 1. The molecular formula is C13H20N2O. The van der Waals surface area contributed by atoms with E-state index in [1.165, 1.54) is 0 Å². The molecule has 0 fully saturated rings. The summed E-state index contributed by atoms with van der Waals surface area (Å²) >= 11 is 0. The van der Waals surface area contributed by atoms with Crippen molar-refractivity contribution in [2.75, 3.05) is 5.32 Å². The summed E-state index contributed by atoms with van der Waals surface area (Å²) in [6.07, 6.45) is 0.753. The van der Waals surface area contributed by atoms with E-state index in [1.807, 2.05) is 31.2 Å². The second-order valence-corrected chi connectivity index (χ2v) is 4.60. The van der Waals surface area contributed by atoms with Crippen LogP contribution in [0.25, 0.3) is 0 Å². The number of nitrogens with one attached hydrogen (secondary N) is 1. The molecule has 0 radical (unpaired) electrons. The molecule has 0 aromatic heterocycles. The Morgan fingerprint density at radius 3 is 2.62 bits per heavy atom. The first-order valence-electron chi connectivity index (χ1n) is 5.61. The number of benzene rings is 1. The van der Waals surface area contributed by atoms with Crippen molar-refractivity contribution >= 4 is 11.6 Å². The van der Waals surface area contributed by atoms with Gasteiger partial charge in [0.25, 0.3) is 0 Å². The zero-order valence-electron chi connectivity index (χ0n) is 10.2. The maximum absolute atomic E-state index is 11.3. The first-order valence-corrected chi connectivity index (χ1v) is 5.61. The predicted molar refractivity (Wildman–Crippen MR) is 67.2 cm³/mol. The number of anilines is 1. The van der Waals surface area contributed by atoms with Crippen LogP contribution in [0.3, 0.4) is 0 Å². The van der Waals surface area contributed by atoms with Gasteiger partial charge in [0.2, 0.25) is 5.91 Å². The van der Waals surface area contributed by atoms with Crippen LogP contribution < -0.4 is 11.1 Å². The zero-order chi connectivity index (χ0) is 12.1. The Labute approximate surface area is 97.0 Å². The van der Waals surface area contributed by atoms with Gasteiger partial charge in [-0.15, -0.1) is 0 Å². The van der Waals surface area contributed by atoms with Crippen LogP contribution in [0, 0.1) is 12.8 Å². The van der Waals surface area contributed by atoms with E-state index >= 15 is 0 Å². The Balaban J connectivity index is 2.71. The summed E-state index contributed by atoms with van der Waals surface area (Å²) in [6, 6.07) is 7.65. The predicted octanol–water partition coefficient (Wildman–Crippen LogP) is 2.31. The fourth-order valence-corrected chi connectivity index (χ4v) is 1.65. The van der Waals surface area contributed by atoms with Gasteiger partial charge >= 0.3 is 0 Å². The highest BCUT2D eigenvalue weighted by molar-refractivity contribution is 5.82. The minimum Gasteiger partial charge on any atom is -0.374 e. The van der Waals surface area contributed by atoms with E-state index in [2.05, 4.69) is 19.2 Å². The summed E-state index contributed by atoms with van der Waals surface area (Å²) in [5.41, 5.74) is 7.48. The van der Waals surface area contributed by atoms with Gasteiger partial charge in [0.15, 0.2) is 0 Å². The van der Waals surface area contributed by atoms with Gasteiger partial charge in [0.05, 0.1) is 0 Å². The number of amides is 1. The van der Waals surface area contributed by atoms with E-state index in [9.17, 15) is 4.79 Å². The van der Waals surface area contributed by atoms with Crippen LogP contribution in [-0.4, -0.2) is 11.9 Å². The van der Waals surface area contributed by atoms with Gasteiger partial charge in [-0.05, 0) is 37.0 Å². The number of hydrogen-bond acceptors (Lipinski definition) is 2. The molecule has 0 spiro atoms. The topological polar surface area (TPSA) is 55.1 Å². The first kappa shape index (κ1) is 12.6. The van der Waals surface area contributed by atoms with E-state index in [0.717, 1.165) is 17.7 Å². The van der Waals surface area contributed by atoms with Crippen LogP contribution in [0.4, 0.5) is 5.69 Å². The molecule has 1 aromatic rings. The third kappa shape index (κ3) is 3.93. The van der Waals surface area contributed by atoms with E-state index in [1.54, 1.807) is 0 Å². The molecule has 1 unspecified atom stereocenters. The van der Waals surface area contributed by atoms with Crippen molar-refractivity contribution in [3.63, 3.8) is 0 Å². The standard InChI is InChI=1S/C13H20N2O/c1-9(2)7-12(13(14)16)15-11-6-4-5-10(3)8-11/h4-6,8-9,12,15H,7H2,1-3H3,(H2,14,16). The Kier molecular flexibility index (Phi) is 4.35. The van der Waals surface area contributed by atoms with Crippen LogP contribution >= 0.6 is 0 Å². The molecule has 3 N–H and O–H groups in total. The Morgan fingerprint density at radius 1 is 1.44 bits per heavy atom. The van der Waals surface area contributed by atoms with Crippen LogP contribution in [0.15, 0.2) is 24.3 Å². The number of rotatable bonds is 5. The van der Waals surface area contributed by atoms with Crippen molar-refractivity contribution in [2.45, 2.75) is 33.2 Å². The second-order valence-electron chi connectivity index (χ2n) is 4.60. The van der Waals surface area contributed by atoms with Crippen molar-refractivity contribution in [2.24, 2.45) is 11.7 Å². The summed E-state index contributed by atoms with van der Waals surface area (Å²) in [4.78, 5) is 11.3. The van der Waals surface area contributed by atoms with Gasteiger partial charge in [-0.3, -0.25) is 4.79 Å². The second kappa shape index (κ2) is 5.54. The number of carbonyl (C=O) groups excluding carboxylic acids is 1. The smallest absolute Gasteiger partial charge is 0.239 e. The van der Waals surface area contributed by atoms with Gasteiger partial charge in [0.1, 0.15) is 6.04 Å². The third-order valence-corrected chi connectivity index (χ3v) is 2.41. The molecule has 0 saturated carbocycles. The minimum absolute atomic E-state index is 0.290. The van der Waals surface area contributed by atoms with Gasteiger partial charge < -0.3 is 11.1 Å². The molecule has 1 aromatic carbocycles. The molecule has 88 valence electrons. The van der Waals surface area contributed by atoms with Crippen molar-refractivity contribution in [1.82, 2.24) is 0 Å². The van der Waals surface area contributed by atoms with E-state index in [-0.39, 0.29) is 11.9 Å². The van der Waals surface area contributed by atoms with E-state index in [4.69, 9.17) is 5.73 Å². The average Bonchev–Trinajstić information content (AvgIpc) is 2.15. The SMILES string of the molecule is Cc1cccc(NC(CC(C)C)C(N)=O)c1. The lowest BCUT2D eigenvalue weighted by Gasteiger charge is -2.18. The first-order chi connectivity index (χ1) is 7.49. The molecule has 0 aliphatic heterocycles. The van der Waals surface area contributed by atoms with E-state index < -0.39 is 0 Å². The molecule has 3 heteroatoms. The number of primary amides is 1. The van der Waals surface area contributed by atoms with Crippen LogP contribution in [-0.2, 0) is 4.79 Å². The van der Waals surface area contributed by atoms with Gasteiger partial charge in [0, 0.05) is 5.69 Å². The lowest BCUT2D eigenvalue weighted by Crippen LogP contribution is -2.36. The molecule has 0 heterocycles. The Hall–Kier alpha value is -1.51. The van der Waals surface area contributed by atoms with Crippen molar-refractivity contribution in [3.8, 4) is 0 Å². The number of nitrogens with two attached hydrogens (primary N) is 1. The third-order valence-electron chi connectivity index (χ3n) is 2.41. The molecule has 0 bridgehead atoms. The fraction of sp³-hybridized carbons (Fsp3) is 0.462. The molecule has 3 nitrogen and oxygen atoms in total. The summed E-state index contributed by atoms with van der Waals surface area (Å²) in [5, 5.41) is 3.18. The monoisotopic (exact) mass is 220 g/mol. The van der Waals surface area contributed by atoms with Gasteiger partial charge in [-0.2, -0.15) is 0 Å². The Morgan fingerprint density at radius 2 is 2.12 bits per heavy atom. The number of hydrogen-bond donors (Lipinski definition) is 2. The highest BCUT2D eigenvalue weighted by Crippen LogP contribution is 2.14. The van der Waals surface area contributed by atoms with Gasteiger partial charge in [-0.25, -0.2) is 0 Å². The molecular weight excluding hydrogens is 200 g/mol. The van der Waals surface area contributed by atoms with Crippen molar-refractivity contribution in [1.29, 1.82) is 0 Å². The molecule has 0 aliphatic carbocycles. The fourth-order valence-electron chi connectivity index (χ4n) is 1.65. The molecule has 1 rings (SSSR count). The quantitative estimate of drug-likeness (QED) is 0.800. The maximum atomic E-state index is 11.3. The van der Waals surface area contributed by atoms with Crippen LogP contribution in [0.5, 0.6) is 0 Å². The summed E-state index contributed by atoms with van der Waals surface area (Å²) < 4.78 is 0. The molecule has 0 aliphatic rings. The molecule has 0 saturated heterocycles. The zero-order valence-corrected chi connectivity index (χ0v) is 10.2. The molecule has 1 amide bonds. The van der Waals surface area contributed by atoms with Crippen LogP contribution in [0.2, 0.25) is 0 Å². The highest BCUT2D eigenvalue weighted by Gasteiger charge is 2.16. The Bertz CT molecular complexity index is 361. The summed E-state index contributed by atoms with van der Waals surface area (Å²) in [7, 11) is 0. The lowest BCUT2D eigenvalue weighted by molar-refractivity contribution is -0.119. The molecule has 16 heavy (non-hydrogen) atoms. The highest BCUT2D eigenvalue weighted by atomic mass is 16.1. The van der Waals surface area contributed by atoms with Crippen LogP contribution in [0.1, 0.15) is 25.8 Å². The lowest BCUT2D eigenvalue weighted by atomic mass is 10.0. The maximum Gasteiger partial charge on any atom is 0.239 e. The van der Waals surface area contributed by atoms with E-state index in [0.29, 0.717) is 5.92 Å². The molecule has 1 atom stereocenters. The normalized spacial score (nSPS) is 12.5. The number of carbonyl (C=O) groups is 1. The summed E-state index contributed by atoms with van der Waals surface area (Å²) in [5.74, 6) is 0.144. The average molecular weight is 220 g/mol. The minimum atomic E-state index is -0.296. The van der Waals surface area contributed by atoms with Crippen molar-refractivity contribution < 1.29 is 4.79 Å². The largest absolute Gasteiger partial charge is 0.374 e. The summed E-state index contributed by atoms with van der Waals surface area (Å²) in [6.45, 7) is 6.18.